The van der Waals surface area contributed by atoms with Crippen LogP contribution in [-0.2, 0) is 16.1 Å². The van der Waals surface area contributed by atoms with Gasteiger partial charge in [0.15, 0.2) is 0 Å². The van der Waals surface area contributed by atoms with Crippen LogP contribution in [-0.4, -0.2) is 58.0 Å². The number of hydrogen-bond acceptors (Lipinski definition) is 8. The molecule has 3 rings (SSSR count). The van der Waals surface area contributed by atoms with E-state index in [0.717, 1.165) is 45.4 Å². The molecule has 0 aliphatic carbocycles. The summed E-state index contributed by atoms with van der Waals surface area (Å²) in [6.07, 6.45) is 7.91. The number of nitrogens with zero attached hydrogens (tertiary/aromatic N) is 2. The lowest BCUT2D eigenvalue weighted by atomic mass is 10.2. The lowest BCUT2D eigenvalue weighted by Crippen LogP contribution is -2.29. The molecule has 2 atom stereocenters. The SMILES string of the molecule is O=C(CCCCCNCCCCCNCc1ccccc1)Nc1ccn([C@H]2CS[C@@H](CO)O2)c(=O)n1. The zero-order chi connectivity index (χ0) is 25.4. The van der Waals surface area contributed by atoms with Crippen LogP contribution in [0.25, 0.3) is 0 Å². The fraction of sp³-hybridized carbons (Fsp3) is 0.577. The topological polar surface area (TPSA) is 118 Å². The van der Waals surface area contributed by atoms with E-state index in [-0.39, 0.29) is 23.8 Å². The predicted octanol–water partition coefficient (Wildman–Crippen LogP) is 2.87. The molecule has 1 aliphatic rings. The maximum absolute atomic E-state index is 12.3. The summed E-state index contributed by atoms with van der Waals surface area (Å²) in [6, 6.07) is 12.1. The monoisotopic (exact) mass is 517 g/mol. The van der Waals surface area contributed by atoms with Gasteiger partial charge in [-0.1, -0.05) is 43.2 Å². The van der Waals surface area contributed by atoms with Gasteiger partial charge in [-0.05, 0) is 56.9 Å². The summed E-state index contributed by atoms with van der Waals surface area (Å²) in [7, 11) is 0. The van der Waals surface area contributed by atoms with Crippen LogP contribution in [0.2, 0.25) is 0 Å². The van der Waals surface area contributed by atoms with Crippen molar-refractivity contribution in [1.29, 1.82) is 0 Å². The molecule has 10 heteroatoms. The van der Waals surface area contributed by atoms with E-state index < -0.39 is 11.9 Å². The highest BCUT2D eigenvalue weighted by Gasteiger charge is 2.27. The molecule has 2 heterocycles. The summed E-state index contributed by atoms with van der Waals surface area (Å²) in [4.78, 5) is 28.4. The molecule has 0 spiro atoms. The Kier molecular flexibility index (Phi) is 13.0. The third-order valence-electron chi connectivity index (χ3n) is 5.93. The van der Waals surface area contributed by atoms with Crippen molar-refractivity contribution >= 4 is 23.5 Å². The van der Waals surface area contributed by atoms with E-state index >= 15 is 0 Å². The van der Waals surface area contributed by atoms with Gasteiger partial charge in [0.25, 0.3) is 0 Å². The summed E-state index contributed by atoms with van der Waals surface area (Å²) in [6.45, 7) is 3.88. The highest BCUT2D eigenvalue weighted by atomic mass is 32.2. The minimum absolute atomic E-state index is 0.0959. The molecule has 1 aromatic heterocycles. The number of thioether (sulfide) groups is 1. The van der Waals surface area contributed by atoms with E-state index in [0.29, 0.717) is 12.2 Å². The molecule has 0 bridgehead atoms. The van der Waals surface area contributed by atoms with Crippen LogP contribution in [0.4, 0.5) is 5.82 Å². The second-order valence-electron chi connectivity index (χ2n) is 8.87. The molecule has 4 N–H and O–H groups in total. The van der Waals surface area contributed by atoms with Crippen LogP contribution in [0, 0.1) is 0 Å². The summed E-state index contributed by atoms with van der Waals surface area (Å²) in [5.41, 5.74) is 0.520. The fourth-order valence-corrected chi connectivity index (χ4v) is 4.87. The van der Waals surface area contributed by atoms with Gasteiger partial charge in [0.2, 0.25) is 5.91 Å². The molecule has 0 unspecified atom stereocenters. The van der Waals surface area contributed by atoms with Gasteiger partial charge in [-0.15, -0.1) is 11.8 Å². The Balaban J connectivity index is 1.15. The molecular weight excluding hydrogens is 478 g/mol. The number of hydrogen-bond donors (Lipinski definition) is 4. The second-order valence-corrected chi connectivity index (χ2v) is 10.1. The number of aliphatic hydroxyl groups excluding tert-OH is 1. The lowest BCUT2D eigenvalue weighted by Gasteiger charge is -2.14. The van der Waals surface area contributed by atoms with Crippen molar-refractivity contribution in [1.82, 2.24) is 20.2 Å². The van der Waals surface area contributed by atoms with Crippen LogP contribution >= 0.6 is 11.8 Å². The quantitative estimate of drug-likeness (QED) is 0.237. The number of aliphatic hydroxyl groups is 1. The normalized spacial score (nSPS) is 17.4. The molecule has 0 radical (unpaired) electrons. The molecule has 9 nitrogen and oxygen atoms in total. The number of aromatic nitrogens is 2. The molecule has 1 fully saturated rings. The molecule has 198 valence electrons. The maximum Gasteiger partial charge on any atom is 0.351 e. The van der Waals surface area contributed by atoms with Crippen molar-refractivity contribution < 1.29 is 14.6 Å². The van der Waals surface area contributed by atoms with Crippen molar-refractivity contribution in [3.05, 3.63) is 58.6 Å². The van der Waals surface area contributed by atoms with E-state index in [1.807, 2.05) is 6.07 Å². The minimum Gasteiger partial charge on any atom is -0.393 e. The summed E-state index contributed by atoms with van der Waals surface area (Å²) in [5.74, 6) is 0.684. The second kappa shape index (κ2) is 16.5. The Hall–Kier alpha value is -2.24. The van der Waals surface area contributed by atoms with Gasteiger partial charge in [0.1, 0.15) is 17.5 Å². The predicted molar refractivity (Wildman–Crippen MR) is 144 cm³/mol. The van der Waals surface area contributed by atoms with Gasteiger partial charge in [-0.3, -0.25) is 9.36 Å². The number of nitrogens with one attached hydrogen (secondary N) is 3. The van der Waals surface area contributed by atoms with Gasteiger partial charge in [-0.2, -0.15) is 4.98 Å². The summed E-state index contributed by atoms with van der Waals surface area (Å²) >= 11 is 1.45. The smallest absolute Gasteiger partial charge is 0.351 e. The first kappa shape index (κ1) is 28.3. The third kappa shape index (κ3) is 10.4. The van der Waals surface area contributed by atoms with Gasteiger partial charge in [0.05, 0.1) is 6.61 Å². The first-order valence-electron chi connectivity index (χ1n) is 12.9. The Morgan fingerprint density at radius 3 is 2.44 bits per heavy atom. The van der Waals surface area contributed by atoms with Crippen LogP contribution in [0.1, 0.15) is 56.7 Å². The Morgan fingerprint density at radius 2 is 1.75 bits per heavy atom. The molecule has 1 aromatic carbocycles. The van der Waals surface area contributed by atoms with Crippen molar-refractivity contribution in [2.75, 3.05) is 37.3 Å². The van der Waals surface area contributed by atoms with Crippen molar-refractivity contribution in [2.45, 2.75) is 63.2 Å². The molecule has 1 saturated heterocycles. The minimum atomic E-state index is -0.480. The average Bonchev–Trinajstić information content (AvgIpc) is 3.36. The van der Waals surface area contributed by atoms with Gasteiger partial charge in [0, 0.05) is 24.9 Å². The van der Waals surface area contributed by atoms with Crippen LogP contribution < -0.4 is 21.6 Å². The van der Waals surface area contributed by atoms with Crippen LogP contribution in [0.15, 0.2) is 47.4 Å². The highest BCUT2D eigenvalue weighted by Crippen LogP contribution is 2.30. The van der Waals surface area contributed by atoms with E-state index in [9.17, 15) is 9.59 Å². The van der Waals surface area contributed by atoms with Gasteiger partial charge in [-0.25, -0.2) is 4.79 Å². The maximum atomic E-state index is 12.3. The molecular formula is C26H39N5O4S. The summed E-state index contributed by atoms with van der Waals surface area (Å²) < 4.78 is 6.96. The largest absolute Gasteiger partial charge is 0.393 e. The Morgan fingerprint density at radius 1 is 1.03 bits per heavy atom. The number of ether oxygens (including phenoxy) is 1. The zero-order valence-electron chi connectivity index (χ0n) is 20.9. The van der Waals surface area contributed by atoms with Crippen molar-refractivity contribution in [3.63, 3.8) is 0 Å². The third-order valence-corrected chi connectivity index (χ3v) is 7.04. The first-order valence-corrected chi connectivity index (χ1v) is 13.9. The van der Waals surface area contributed by atoms with Gasteiger partial charge < -0.3 is 25.8 Å². The number of carbonyl (C=O) groups excluding carboxylic acids is 1. The number of benzene rings is 1. The first-order chi connectivity index (χ1) is 17.7. The molecule has 36 heavy (non-hydrogen) atoms. The lowest BCUT2D eigenvalue weighted by molar-refractivity contribution is -0.116. The molecule has 2 aromatic rings. The number of unbranched alkanes of at least 4 members (excludes halogenated alkanes) is 4. The molecule has 0 saturated carbocycles. The van der Waals surface area contributed by atoms with Crippen molar-refractivity contribution in [2.24, 2.45) is 0 Å². The van der Waals surface area contributed by atoms with E-state index in [1.54, 1.807) is 12.3 Å². The average molecular weight is 518 g/mol. The number of anilines is 1. The number of carbonyl (C=O) groups is 1. The van der Waals surface area contributed by atoms with Gasteiger partial charge >= 0.3 is 5.69 Å². The number of amides is 1. The fourth-order valence-electron chi connectivity index (χ4n) is 3.93. The van der Waals surface area contributed by atoms with E-state index in [1.165, 1.54) is 41.2 Å². The molecule has 1 aliphatic heterocycles. The Bertz CT molecular complexity index is 959. The van der Waals surface area contributed by atoms with Crippen LogP contribution in [0.3, 0.4) is 0 Å². The van der Waals surface area contributed by atoms with Crippen LogP contribution in [0.5, 0.6) is 0 Å². The highest BCUT2D eigenvalue weighted by molar-refractivity contribution is 8.00. The molecule has 1 amide bonds. The zero-order valence-corrected chi connectivity index (χ0v) is 21.7. The standard InChI is InChI=1S/C26H39N5O4S/c32-19-25-35-24(20-36-25)31-17-13-22(30-26(31)34)29-23(33)12-6-2-7-14-27-15-8-3-9-16-28-18-21-10-4-1-5-11-21/h1,4-5,10-11,13,17,24-25,27-28,32H,2-3,6-9,12,14-16,18-20H2,(H,29,30,33,34)/t24-,25+/m1/s1. The van der Waals surface area contributed by atoms with E-state index in [4.69, 9.17) is 9.84 Å². The van der Waals surface area contributed by atoms with Crippen molar-refractivity contribution in [3.8, 4) is 0 Å². The summed E-state index contributed by atoms with van der Waals surface area (Å²) in [5, 5.41) is 18.8. The van der Waals surface area contributed by atoms with E-state index in [2.05, 4.69) is 45.2 Å². The Labute approximate surface area is 217 Å². The number of rotatable bonds is 17.